The molecule has 3 aromatic carbocycles. The van der Waals surface area contributed by atoms with Gasteiger partial charge >= 0.3 is 11.8 Å². The van der Waals surface area contributed by atoms with E-state index in [9.17, 15) is 14.4 Å². The van der Waals surface area contributed by atoms with Crippen molar-refractivity contribution in [1.29, 1.82) is 0 Å². The number of rotatable bonds is 8. The maximum atomic E-state index is 12.3. The molecule has 36 heavy (non-hydrogen) atoms. The minimum atomic E-state index is -0.952. The summed E-state index contributed by atoms with van der Waals surface area (Å²) in [5.41, 5.74) is 5.97. The number of aryl methyl sites for hydroxylation is 2. The highest BCUT2D eigenvalue weighted by Gasteiger charge is 2.13. The number of benzene rings is 3. The van der Waals surface area contributed by atoms with E-state index in [0.29, 0.717) is 28.4 Å². The zero-order valence-corrected chi connectivity index (χ0v) is 21.5. The van der Waals surface area contributed by atoms with Gasteiger partial charge in [0.15, 0.2) is 6.61 Å². The molecule has 3 rings (SSSR count). The van der Waals surface area contributed by atoms with Gasteiger partial charge in [-0.2, -0.15) is 5.10 Å². The lowest BCUT2D eigenvalue weighted by Crippen LogP contribution is -2.32. The number of amides is 3. The molecule has 0 saturated carbocycles. The number of anilines is 2. The Morgan fingerprint density at radius 2 is 1.61 bits per heavy atom. The quantitative estimate of drug-likeness (QED) is 0.220. The number of hydrogen-bond acceptors (Lipinski definition) is 6. The zero-order valence-electron chi connectivity index (χ0n) is 19.9. The summed E-state index contributed by atoms with van der Waals surface area (Å²) < 4.78 is 11.4. The van der Waals surface area contributed by atoms with Crippen LogP contribution in [0.15, 0.2) is 70.2 Å². The van der Waals surface area contributed by atoms with Crippen LogP contribution in [0.2, 0.25) is 0 Å². The SMILES string of the molecule is COc1ccc(NC(=O)C(=O)N/N=C\c2cc(Br)ccc2OCC(=O)Nc2ccc(C)c(C)c2)cc1. The molecule has 3 aromatic rings. The predicted octanol–water partition coefficient (Wildman–Crippen LogP) is 4.18. The van der Waals surface area contributed by atoms with E-state index in [2.05, 4.69) is 37.1 Å². The van der Waals surface area contributed by atoms with Gasteiger partial charge in [-0.25, -0.2) is 5.43 Å². The maximum absolute atomic E-state index is 12.3. The van der Waals surface area contributed by atoms with Crippen LogP contribution in [0.1, 0.15) is 16.7 Å². The fraction of sp³-hybridized carbons (Fsp3) is 0.154. The van der Waals surface area contributed by atoms with Gasteiger partial charge in [0.1, 0.15) is 11.5 Å². The normalized spacial score (nSPS) is 10.6. The molecule has 0 unspecified atom stereocenters. The van der Waals surface area contributed by atoms with Crippen molar-refractivity contribution >= 4 is 51.2 Å². The highest BCUT2D eigenvalue weighted by Crippen LogP contribution is 2.22. The van der Waals surface area contributed by atoms with Crippen LogP contribution in [0.5, 0.6) is 11.5 Å². The molecule has 0 spiro atoms. The van der Waals surface area contributed by atoms with E-state index in [1.807, 2.05) is 32.0 Å². The van der Waals surface area contributed by atoms with Crippen LogP contribution in [0.25, 0.3) is 0 Å². The topological polar surface area (TPSA) is 118 Å². The number of nitrogens with zero attached hydrogens (tertiary/aromatic N) is 1. The van der Waals surface area contributed by atoms with Crippen LogP contribution >= 0.6 is 15.9 Å². The average Bonchev–Trinajstić information content (AvgIpc) is 2.86. The van der Waals surface area contributed by atoms with Crippen molar-refractivity contribution in [3.63, 3.8) is 0 Å². The van der Waals surface area contributed by atoms with Crippen molar-refractivity contribution in [2.24, 2.45) is 5.10 Å². The number of ether oxygens (including phenoxy) is 2. The smallest absolute Gasteiger partial charge is 0.329 e. The van der Waals surface area contributed by atoms with Gasteiger partial charge in [0.05, 0.1) is 13.3 Å². The number of carbonyl (C=O) groups is 3. The Morgan fingerprint density at radius 1 is 0.889 bits per heavy atom. The van der Waals surface area contributed by atoms with E-state index in [1.54, 1.807) is 42.5 Å². The maximum Gasteiger partial charge on any atom is 0.329 e. The molecule has 0 aliphatic heterocycles. The Labute approximate surface area is 217 Å². The first-order valence-corrected chi connectivity index (χ1v) is 11.6. The van der Waals surface area contributed by atoms with Gasteiger partial charge < -0.3 is 20.1 Å². The van der Waals surface area contributed by atoms with E-state index < -0.39 is 11.8 Å². The summed E-state index contributed by atoms with van der Waals surface area (Å²) in [6, 6.07) is 17.3. The second kappa shape index (κ2) is 12.5. The van der Waals surface area contributed by atoms with Crippen LogP contribution in [0, 0.1) is 13.8 Å². The molecule has 0 aromatic heterocycles. The van der Waals surface area contributed by atoms with Crippen molar-refractivity contribution in [3.05, 3.63) is 81.8 Å². The molecule has 3 amide bonds. The Bertz CT molecular complexity index is 1290. The Hall–Kier alpha value is -4.18. The summed E-state index contributed by atoms with van der Waals surface area (Å²) in [6.07, 6.45) is 1.32. The third kappa shape index (κ3) is 7.67. The summed E-state index contributed by atoms with van der Waals surface area (Å²) in [6.45, 7) is 3.73. The van der Waals surface area contributed by atoms with Gasteiger partial charge in [-0.15, -0.1) is 0 Å². The second-order valence-corrected chi connectivity index (χ2v) is 8.62. The first kappa shape index (κ1) is 26.4. The fourth-order valence-corrected chi connectivity index (χ4v) is 3.36. The van der Waals surface area contributed by atoms with Crippen molar-refractivity contribution in [1.82, 2.24) is 5.43 Å². The Morgan fingerprint density at radius 3 is 2.31 bits per heavy atom. The van der Waals surface area contributed by atoms with Crippen molar-refractivity contribution < 1.29 is 23.9 Å². The van der Waals surface area contributed by atoms with Gasteiger partial charge in [-0.3, -0.25) is 14.4 Å². The number of hydrogen-bond donors (Lipinski definition) is 3. The fourth-order valence-electron chi connectivity index (χ4n) is 2.98. The molecule has 186 valence electrons. The standard InChI is InChI=1S/C26H25BrN4O5/c1-16-4-6-21(12-17(16)2)29-24(32)15-36-23-11-5-19(27)13-18(23)14-28-31-26(34)25(33)30-20-7-9-22(35-3)10-8-20/h4-14H,15H2,1-3H3,(H,29,32)(H,30,33)(H,31,34)/b28-14-. The molecule has 0 atom stereocenters. The predicted molar refractivity (Wildman–Crippen MR) is 142 cm³/mol. The van der Waals surface area contributed by atoms with E-state index in [0.717, 1.165) is 15.6 Å². The van der Waals surface area contributed by atoms with Crippen molar-refractivity contribution in [2.45, 2.75) is 13.8 Å². The minimum absolute atomic E-state index is 0.230. The number of nitrogens with one attached hydrogen (secondary N) is 3. The molecule has 0 heterocycles. The molecule has 0 bridgehead atoms. The Kier molecular flexibility index (Phi) is 9.18. The summed E-state index contributed by atoms with van der Waals surface area (Å²) in [7, 11) is 1.53. The lowest BCUT2D eigenvalue weighted by atomic mass is 10.1. The molecule has 9 nitrogen and oxygen atoms in total. The molecule has 10 heteroatoms. The number of carbonyl (C=O) groups excluding carboxylic acids is 3. The summed E-state index contributed by atoms with van der Waals surface area (Å²) in [5.74, 6) is -1.17. The largest absolute Gasteiger partial charge is 0.497 e. The first-order chi connectivity index (χ1) is 17.2. The molecule has 3 N–H and O–H groups in total. The third-order valence-electron chi connectivity index (χ3n) is 5.05. The van der Waals surface area contributed by atoms with Crippen LogP contribution < -0.4 is 25.5 Å². The molecule has 0 fully saturated rings. The number of halogens is 1. The molecule has 0 radical (unpaired) electrons. The van der Waals surface area contributed by atoms with Gasteiger partial charge in [-0.1, -0.05) is 22.0 Å². The van der Waals surface area contributed by atoms with Crippen molar-refractivity contribution in [3.8, 4) is 11.5 Å². The summed E-state index contributed by atoms with van der Waals surface area (Å²) in [5, 5.41) is 9.10. The summed E-state index contributed by atoms with van der Waals surface area (Å²) >= 11 is 3.37. The van der Waals surface area contributed by atoms with Crippen LogP contribution in [-0.4, -0.2) is 37.7 Å². The summed E-state index contributed by atoms with van der Waals surface area (Å²) in [4.78, 5) is 36.5. The molecule has 0 aliphatic rings. The zero-order chi connectivity index (χ0) is 26.1. The number of methoxy groups -OCH3 is 1. The molecular formula is C26H25BrN4O5. The van der Waals surface area contributed by atoms with E-state index in [-0.39, 0.29) is 12.5 Å². The van der Waals surface area contributed by atoms with Crippen LogP contribution in [0.4, 0.5) is 11.4 Å². The monoisotopic (exact) mass is 552 g/mol. The molecular weight excluding hydrogens is 528 g/mol. The van der Waals surface area contributed by atoms with E-state index >= 15 is 0 Å². The third-order valence-corrected chi connectivity index (χ3v) is 5.54. The average molecular weight is 553 g/mol. The van der Waals surface area contributed by atoms with Gasteiger partial charge in [-0.05, 0) is 79.6 Å². The molecule has 0 saturated heterocycles. The highest BCUT2D eigenvalue weighted by atomic mass is 79.9. The lowest BCUT2D eigenvalue weighted by Gasteiger charge is -2.11. The first-order valence-electron chi connectivity index (χ1n) is 10.8. The Balaban J connectivity index is 1.56. The number of hydrazone groups is 1. The van der Waals surface area contributed by atoms with Gasteiger partial charge in [0.2, 0.25) is 0 Å². The minimum Gasteiger partial charge on any atom is -0.497 e. The molecule has 0 aliphatic carbocycles. The van der Waals surface area contributed by atoms with E-state index in [1.165, 1.54) is 13.3 Å². The van der Waals surface area contributed by atoms with Gasteiger partial charge in [0, 0.05) is 21.4 Å². The highest BCUT2D eigenvalue weighted by molar-refractivity contribution is 9.10. The van der Waals surface area contributed by atoms with Gasteiger partial charge in [0.25, 0.3) is 5.91 Å². The van der Waals surface area contributed by atoms with E-state index in [4.69, 9.17) is 9.47 Å². The lowest BCUT2D eigenvalue weighted by molar-refractivity contribution is -0.136. The van der Waals surface area contributed by atoms with Crippen LogP contribution in [0.3, 0.4) is 0 Å². The van der Waals surface area contributed by atoms with Crippen LogP contribution in [-0.2, 0) is 14.4 Å². The second-order valence-electron chi connectivity index (χ2n) is 7.70. The van der Waals surface area contributed by atoms with Crippen molar-refractivity contribution in [2.75, 3.05) is 24.4 Å².